The van der Waals surface area contributed by atoms with Gasteiger partial charge in [0, 0.05) is 18.2 Å². The Kier molecular flexibility index (Phi) is 3.33. The molecule has 0 aliphatic heterocycles. The molecule has 0 saturated carbocycles. The summed E-state index contributed by atoms with van der Waals surface area (Å²) in [6.07, 6.45) is 0. The predicted molar refractivity (Wildman–Crippen MR) is 55.8 cm³/mol. The maximum Gasteiger partial charge on any atom is 0.291 e. The van der Waals surface area contributed by atoms with E-state index in [1.807, 2.05) is 0 Å². The number of benzene rings is 1. The number of anilines is 1. The maximum atomic E-state index is 11.0. The van der Waals surface area contributed by atoms with Crippen LogP contribution in [0.25, 0.3) is 0 Å². The average Bonchev–Trinajstić information content (AvgIpc) is 2.18. The Labute approximate surface area is 87.3 Å². The first-order chi connectivity index (χ1) is 7.00. The molecule has 0 aromatic heterocycles. The summed E-state index contributed by atoms with van der Waals surface area (Å²) in [6.45, 7) is 2.62. The van der Waals surface area contributed by atoms with Crippen molar-refractivity contribution in [3.8, 4) is 0 Å². The number of carbonyl (C=O) groups excluding carboxylic acids is 3. The fourth-order valence-corrected chi connectivity index (χ4v) is 1.04. The highest BCUT2D eigenvalue weighted by molar-refractivity contribution is 6.39. The van der Waals surface area contributed by atoms with Crippen LogP contribution in [0, 0.1) is 0 Å². The monoisotopic (exact) mass is 205 g/mol. The lowest BCUT2D eigenvalue weighted by molar-refractivity contribution is -0.133. The van der Waals surface area contributed by atoms with E-state index in [4.69, 9.17) is 0 Å². The maximum absolute atomic E-state index is 11.0. The minimum absolute atomic E-state index is 0.0890. The van der Waals surface area contributed by atoms with E-state index in [1.165, 1.54) is 19.9 Å². The topological polar surface area (TPSA) is 63.2 Å². The lowest BCUT2D eigenvalue weighted by atomic mass is 10.1. The van der Waals surface area contributed by atoms with Crippen LogP contribution in [-0.2, 0) is 9.59 Å². The van der Waals surface area contributed by atoms with Crippen LogP contribution in [0.15, 0.2) is 24.3 Å². The zero-order chi connectivity index (χ0) is 11.4. The Morgan fingerprint density at radius 3 is 2.33 bits per heavy atom. The van der Waals surface area contributed by atoms with E-state index in [9.17, 15) is 14.4 Å². The number of ketones is 2. The zero-order valence-corrected chi connectivity index (χ0v) is 8.53. The average molecular weight is 205 g/mol. The summed E-state index contributed by atoms with van der Waals surface area (Å²) in [5.41, 5.74) is 0.944. The highest BCUT2D eigenvalue weighted by atomic mass is 16.2. The number of nitrogens with one attached hydrogen (secondary N) is 1. The minimum atomic E-state index is -0.685. The molecule has 15 heavy (non-hydrogen) atoms. The van der Waals surface area contributed by atoms with Crippen molar-refractivity contribution < 1.29 is 14.4 Å². The van der Waals surface area contributed by atoms with Crippen molar-refractivity contribution in [2.24, 2.45) is 0 Å². The Morgan fingerprint density at radius 1 is 1.13 bits per heavy atom. The fourth-order valence-electron chi connectivity index (χ4n) is 1.04. The number of hydrogen-bond donors (Lipinski definition) is 1. The highest BCUT2D eigenvalue weighted by Gasteiger charge is 2.08. The van der Waals surface area contributed by atoms with Gasteiger partial charge in [-0.15, -0.1) is 0 Å². The molecule has 1 aromatic carbocycles. The third-order valence-corrected chi connectivity index (χ3v) is 1.85. The largest absolute Gasteiger partial charge is 0.319 e. The molecule has 0 bridgehead atoms. The van der Waals surface area contributed by atoms with Gasteiger partial charge < -0.3 is 5.32 Å². The third-order valence-electron chi connectivity index (χ3n) is 1.85. The fraction of sp³-hybridized carbons (Fsp3) is 0.182. The van der Waals surface area contributed by atoms with Gasteiger partial charge in [-0.3, -0.25) is 14.4 Å². The first-order valence-electron chi connectivity index (χ1n) is 4.43. The van der Waals surface area contributed by atoms with Crippen LogP contribution < -0.4 is 5.32 Å². The summed E-state index contributed by atoms with van der Waals surface area (Å²) in [5.74, 6) is -1.34. The van der Waals surface area contributed by atoms with Crippen molar-refractivity contribution in [2.75, 3.05) is 5.32 Å². The van der Waals surface area contributed by atoms with Crippen molar-refractivity contribution in [2.45, 2.75) is 13.8 Å². The zero-order valence-electron chi connectivity index (χ0n) is 8.53. The summed E-state index contributed by atoms with van der Waals surface area (Å²) in [7, 11) is 0. The molecule has 1 rings (SSSR count). The first-order valence-corrected chi connectivity index (χ1v) is 4.43. The van der Waals surface area contributed by atoms with Gasteiger partial charge in [0.2, 0.25) is 5.78 Å². The second kappa shape index (κ2) is 4.50. The van der Waals surface area contributed by atoms with Crippen molar-refractivity contribution >= 4 is 23.2 Å². The quantitative estimate of drug-likeness (QED) is 0.599. The molecule has 0 fully saturated rings. The minimum Gasteiger partial charge on any atom is -0.319 e. The molecule has 78 valence electrons. The molecule has 0 atom stereocenters. The van der Waals surface area contributed by atoms with Crippen molar-refractivity contribution in [3.63, 3.8) is 0 Å². The molecule has 0 aliphatic rings. The van der Waals surface area contributed by atoms with Crippen LogP contribution in [0.2, 0.25) is 0 Å². The molecule has 4 heteroatoms. The lowest BCUT2D eigenvalue weighted by Gasteiger charge is -2.03. The van der Waals surface area contributed by atoms with Crippen LogP contribution in [0.4, 0.5) is 5.69 Å². The van der Waals surface area contributed by atoms with E-state index in [0.717, 1.165) is 0 Å². The Morgan fingerprint density at radius 2 is 1.80 bits per heavy atom. The molecular weight excluding hydrogens is 194 g/mol. The summed E-state index contributed by atoms with van der Waals surface area (Å²) in [6, 6.07) is 6.44. The molecule has 1 aromatic rings. The van der Waals surface area contributed by atoms with Gasteiger partial charge in [0.1, 0.15) is 0 Å². The molecule has 0 aliphatic carbocycles. The van der Waals surface area contributed by atoms with Gasteiger partial charge in [-0.1, -0.05) is 12.1 Å². The van der Waals surface area contributed by atoms with Crippen LogP contribution in [-0.4, -0.2) is 17.5 Å². The predicted octanol–water partition coefficient (Wildman–Crippen LogP) is 1.42. The standard InChI is InChI=1S/C11H11NO3/c1-7(13)9-4-3-5-10(6-9)12-11(15)8(2)14/h3-6H,1-2H3,(H,12,15). The third kappa shape index (κ3) is 3.02. The van der Waals surface area contributed by atoms with Crippen LogP contribution in [0.3, 0.4) is 0 Å². The van der Waals surface area contributed by atoms with Crippen molar-refractivity contribution in [3.05, 3.63) is 29.8 Å². The molecule has 4 nitrogen and oxygen atoms in total. The van der Waals surface area contributed by atoms with Gasteiger partial charge >= 0.3 is 0 Å². The Hall–Kier alpha value is -1.97. The van der Waals surface area contributed by atoms with Gasteiger partial charge in [-0.05, 0) is 19.1 Å². The van der Waals surface area contributed by atoms with E-state index < -0.39 is 11.7 Å². The Bertz CT molecular complexity index is 424. The molecule has 1 N–H and O–H groups in total. The molecule has 0 spiro atoms. The van der Waals surface area contributed by atoms with Crippen molar-refractivity contribution in [1.29, 1.82) is 0 Å². The summed E-state index contributed by atoms with van der Waals surface area (Å²) < 4.78 is 0. The highest BCUT2D eigenvalue weighted by Crippen LogP contribution is 2.10. The molecule has 0 saturated heterocycles. The van der Waals surface area contributed by atoms with E-state index in [0.29, 0.717) is 11.3 Å². The van der Waals surface area contributed by atoms with Gasteiger partial charge in [0.15, 0.2) is 5.78 Å². The first kappa shape index (κ1) is 11.1. The van der Waals surface area contributed by atoms with Crippen LogP contribution in [0.1, 0.15) is 24.2 Å². The van der Waals surface area contributed by atoms with Gasteiger partial charge in [-0.2, -0.15) is 0 Å². The summed E-state index contributed by atoms with van der Waals surface area (Å²) in [4.78, 5) is 32.8. The van der Waals surface area contributed by atoms with Gasteiger partial charge in [0.05, 0.1) is 0 Å². The van der Waals surface area contributed by atoms with Crippen LogP contribution in [0.5, 0.6) is 0 Å². The van der Waals surface area contributed by atoms with Gasteiger partial charge in [-0.25, -0.2) is 0 Å². The van der Waals surface area contributed by atoms with E-state index in [2.05, 4.69) is 5.32 Å². The van der Waals surface area contributed by atoms with E-state index >= 15 is 0 Å². The number of hydrogen-bond acceptors (Lipinski definition) is 3. The van der Waals surface area contributed by atoms with E-state index in [-0.39, 0.29) is 5.78 Å². The smallest absolute Gasteiger partial charge is 0.291 e. The molecule has 0 heterocycles. The molecular formula is C11H11NO3. The van der Waals surface area contributed by atoms with E-state index in [1.54, 1.807) is 18.2 Å². The summed E-state index contributed by atoms with van der Waals surface area (Å²) >= 11 is 0. The van der Waals surface area contributed by atoms with Gasteiger partial charge in [0.25, 0.3) is 5.91 Å². The number of carbonyl (C=O) groups is 3. The SMILES string of the molecule is CC(=O)C(=O)Nc1cccc(C(C)=O)c1. The number of rotatable bonds is 3. The number of amides is 1. The normalized spacial score (nSPS) is 9.47. The Balaban J connectivity index is 2.87. The summed E-state index contributed by atoms with van der Waals surface area (Å²) in [5, 5.41) is 2.40. The molecule has 0 radical (unpaired) electrons. The molecule has 0 unspecified atom stereocenters. The second-order valence-electron chi connectivity index (χ2n) is 3.15. The number of Topliss-reactive ketones (excluding diaryl/α,β-unsaturated/α-hetero) is 2. The van der Waals surface area contributed by atoms with Crippen LogP contribution >= 0.6 is 0 Å². The lowest BCUT2D eigenvalue weighted by Crippen LogP contribution is -2.19. The molecule has 1 amide bonds. The van der Waals surface area contributed by atoms with Crippen molar-refractivity contribution in [1.82, 2.24) is 0 Å². The second-order valence-corrected chi connectivity index (χ2v) is 3.15.